The summed E-state index contributed by atoms with van der Waals surface area (Å²) in [6, 6.07) is 3.94. The number of amidine groups is 1. The van der Waals surface area contributed by atoms with E-state index in [0.717, 1.165) is 24.7 Å². The minimum atomic E-state index is 0.0573. The van der Waals surface area contributed by atoms with Crippen LogP contribution in [-0.4, -0.2) is 23.9 Å². The summed E-state index contributed by atoms with van der Waals surface area (Å²) in [5, 5.41) is 7.61. The van der Waals surface area contributed by atoms with Gasteiger partial charge in [0, 0.05) is 19.3 Å². The lowest BCUT2D eigenvalue weighted by Gasteiger charge is -2.24. The summed E-state index contributed by atoms with van der Waals surface area (Å²) in [7, 11) is 0. The van der Waals surface area contributed by atoms with Crippen molar-refractivity contribution in [1.82, 2.24) is 4.98 Å². The summed E-state index contributed by atoms with van der Waals surface area (Å²) in [5.41, 5.74) is 7.24. The van der Waals surface area contributed by atoms with Crippen LogP contribution in [-0.2, 0) is 0 Å². The van der Waals surface area contributed by atoms with Crippen LogP contribution in [0.15, 0.2) is 18.3 Å². The van der Waals surface area contributed by atoms with Crippen LogP contribution in [0.2, 0.25) is 0 Å². The molecule has 0 saturated carbocycles. The van der Waals surface area contributed by atoms with Gasteiger partial charge in [-0.25, -0.2) is 0 Å². The molecule has 1 atom stereocenters. The summed E-state index contributed by atoms with van der Waals surface area (Å²) in [5.74, 6) is 0.898. The standard InChI is InChI=1S/C14H22N4/c1-2-11-5-4-9-18(10-7-11)12-6-3-8-17-13(12)14(15)16/h3,6,8,11H,2,4-5,7,9-10H2,1H3,(H3,15,16). The Kier molecular flexibility index (Phi) is 4.18. The van der Waals surface area contributed by atoms with Crippen molar-refractivity contribution in [2.45, 2.75) is 32.6 Å². The molecular formula is C14H22N4. The molecule has 1 aromatic rings. The van der Waals surface area contributed by atoms with Crippen LogP contribution in [0, 0.1) is 11.3 Å². The number of hydrogen-bond acceptors (Lipinski definition) is 3. The zero-order chi connectivity index (χ0) is 13.0. The quantitative estimate of drug-likeness (QED) is 0.635. The topological polar surface area (TPSA) is 66.0 Å². The fourth-order valence-electron chi connectivity index (χ4n) is 2.67. The normalized spacial score (nSPS) is 20.5. The van der Waals surface area contributed by atoms with Crippen LogP contribution >= 0.6 is 0 Å². The van der Waals surface area contributed by atoms with Gasteiger partial charge in [0.05, 0.1) is 5.69 Å². The molecule has 4 nitrogen and oxygen atoms in total. The fourth-order valence-corrected chi connectivity index (χ4v) is 2.67. The number of hydrogen-bond donors (Lipinski definition) is 2. The van der Waals surface area contributed by atoms with Gasteiger partial charge in [-0.15, -0.1) is 0 Å². The van der Waals surface area contributed by atoms with Crippen LogP contribution in [0.1, 0.15) is 38.3 Å². The first kappa shape index (κ1) is 12.9. The SMILES string of the molecule is CCC1CCCN(c2cccnc2C(=N)N)CC1. The second-order valence-corrected chi connectivity index (χ2v) is 4.98. The third kappa shape index (κ3) is 2.81. The van der Waals surface area contributed by atoms with Crippen LogP contribution in [0.4, 0.5) is 5.69 Å². The molecule has 3 N–H and O–H groups in total. The Bertz CT molecular complexity index is 416. The maximum Gasteiger partial charge on any atom is 0.143 e. The predicted octanol–water partition coefficient (Wildman–Crippen LogP) is 2.38. The largest absolute Gasteiger partial charge is 0.382 e. The van der Waals surface area contributed by atoms with Crippen molar-refractivity contribution in [1.29, 1.82) is 5.41 Å². The molecule has 0 spiro atoms. The van der Waals surface area contributed by atoms with Gasteiger partial charge in [0.1, 0.15) is 11.5 Å². The van der Waals surface area contributed by atoms with Crippen molar-refractivity contribution in [3.05, 3.63) is 24.0 Å². The number of nitrogens with one attached hydrogen (secondary N) is 1. The van der Waals surface area contributed by atoms with Crippen molar-refractivity contribution in [3.63, 3.8) is 0 Å². The second-order valence-electron chi connectivity index (χ2n) is 4.98. The first-order valence-corrected chi connectivity index (χ1v) is 6.76. The van der Waals surface area contributed by atoms with Gasteiger partial charge in [-0.05, 0) is 37.3 Å². The fraction of sp³-hybridized carbons (Fsp3) is 0.571. The number of nitrogens with two attached hydrogens (primary N) is 1. The minimum absolute atomic E-state index is 0.0573. The molecule has 1 aliphatic rings. The molecule has 18 heavy (non-hydrogen) atoms. The molecular weight excluding hydrogens is 224 g/mol. The summed E-state index contributed by atoms with van der Waals surface area (Å²) in [4.78, 5) is 6.56. The average Bonchev–Trinajstić information content (AvgIpc) is 2.63. The van der Waals surface area contributed by atoms with Gasteiger partial charge in [-0.1, -0.05) is 13.3 Å². The van der Waals surface area contributed by atoms with E-state index in [0.29, 0.717) is 5.69 Å². The average molecular weight is 246 g/mol. The molecule has 4 heteroatoms. The van der Waals surface area contributed by atoms with E-state index in [1.165, 1.54) is 25.7 Å². The number of rotatable bonds is 3. The minimum Gasteiger partial charge on any atom is -0.382 e. The Morgan fingerprint density at radius 3 is 3.06 bits per heavy atom. The van der Waals surface area contributed by atoms with Crippen LogP contribution in [0.25, 0.3) is 0 Å². The number of anilines is 1. The van der Waals surface area contributed by atoms with Crippen LogP contribution < -0.4 is 10.6 Å². The van der Waals surface area contributed by atoms with Gasteiger partial charge in [0.25, 0.3) is 0 Å². The van der Waals surface area contributed by atoms with E-state index in [4.69, 9.17) is 11.1 Å². The summed E-state index contributed by atoms with van der Waals surface area (Å²) in [6.07, 6.45) is 6.71. The zero-order valence-corrected chi connectivity index (χ0v) is 11.0. The molecule has 98 valence electrons. The summed E-state index contributed by atoms with van der Waals surface area (Å²) >= 11 is 0. The van der Waals surface area contributed by atoms with E-state index < -0.39 is 0 Å². The molecule has 1 saturated heterocycles. The van der Waals surface area contributed by atoms with Gasteiger partial charge in [0.2, 0.25) is 0 Å². The Balaban J connectivity index is 2.18. The van der Waals surface area contributed by atoms with E-state index in [2.05, 4.69) is 16.8 Å². The lowest BCUT2D eigenvalue weighted by molar-refractivity contribution is 0.459. The highest BCUT2D eigenvalue weighted by molar-refractivity contribution is 5.98. The highest BCUT2D eigenvalue weighted by Crippen LogP contribution is 2.25. The van der Waals surface area contributed by atoms with E-state index in [1.54, 1.807) is 6.20 Å². The van der Waals surface area contributed by atoms with Gasteiger partial charge >= 0.3 is 0 Å². The van der Waals surface area contributed by atoms with Gasteiger partial charge in [-0.2, -0.15) is 0 Å². The number of aromatic nitrogens is 1. The van der Waals surface area contributed by atoms with Crippen molar-refractivity contribution in [2.75, 3.05) is 18.0 Å². The molecule has 0 amide bonds. The number of pyridine rings is 1. The molecule has 1 fully saturated rings. The van der Waals surface area contributed by atoms with Crippen molar-refractivity contribution >= 4 is 11.5 Å². The maximum absolute atomic E-state index is 7.61. The molecule has 2 heterocycles. The smallest absolute Gasteiger partial charge is 0.143 e. The predicted molar refractivity (Wildman–Crippen MR) is 75.1 cm³/mol. The molecule has 1 unspecified atom stereocenters. The Morgan fingerprint density at radius 1 is 1.50 bits per heavy atom. The van der Waals surface area contributed by atoms with E-state index in [9.17, 15) is 0 Å². The zero-order valence-electron chi connectivity index (χ0n) is 11.0. The molecule has 1 aliphatic heterocycles. The molecule has 0 aromatic carbocycles. The van der Waals surface area contributed by atoms with E-state index in [1.807, 2.05) is 12.1 Å². The van der Waals surface area contributed by atoms with Gasteiger partial charge < -0.3 is 10.6 Å². The van der Waals surface area contributed by atoms with E-state index in [-0.39, 0.29) is 5.84 Å². The Morgan fingerprint density at radius 2 is 2.33 bits per heavy atom. The van der Waals surface area contributed by atoms with Crippen molar-refractivity contribution in [2.24, 2.45) is 11.7 Å². The number of nitrogen functional groups attached to an aromatic ring is 1. The highest BCUT2D eigenvalue weighted by Gasteiger charge is 2.19. The van der Waals surface area contributed by atoms with Gasteiger partial charge in [0.15, 0.2) is 0 Å². The summed E-state index contributed by atoms with van der Waals surface area (Å²) < 4.78 is 0. The summed E-state index contributed by atoms with van der Waals surface area (Å²) in [6.45, 7) is 4.36. The lowest BCUT2D eigenvalue weighted by Crippen LogP contribution is -2.28. The molecule has 0 radical (unpaired) electrons. The monoisotopic (exact) mass is 246 g/mol. The number of nitrogens with zero attached hydrogens (tertiary/aromatic N) is 2. The first-order valence-electron chi connectivity index (χ1n) is 6.76. The Hall–Kier alpha value is -1.58. The Labute approximate surface area is 109 Å². The third-order valence-electron chi connectivity index (χ3n) is 3.81. The third-order valence-corrected chi connectivity index (χ3v) is 3.81. The maximum atomic E-state index is 7.61. The van der Waals surface area contributed by atoms with E-state index >= 15 is 0 Å². The molecule has 2 rings (SSSR count). The first-order chi connectivity index (χ1) is 8.72. The molecule has 0 aliphatic carbocycles. The molecule has 0 bridgehead atoms. The van der Waals surface area contributed by atoms with Crippen molar-refractivity contribution in [3.8, 4) is 0 Å². The molecule has 1 aromatic heterocycles. The lowest BCUT2D eigenvalue weighted by atomic mass is 9.98. The second kappa shape index (κ2) is 5.85. The van der Waals surface area contributed by atoms with Crippen LogP contribution in [0.3, 0.4) is 0 Å². The highest BCUT2D eigenvalue weighted by atomic mass is 15.1. The van der Waals surface area contributed by atoms with Gasteiger partial charge in [-0.3, -0.25) is 10.4 Å². The van der Waals surface area contributed by atoms with Crippen molar-refractivity contribution < 1.29 is 0 Å². The van der Waals surface area contributed by atoms with Crippen LogP contribution in [0.5, 0.6) is 0 Å².